The Hall–Kier alpha value is -4.43. The number of aryl methyl sites for hydroxylation is 2. The van der Waals surface area contributed by atoms with Crippen LogP contribution in [0.25, 0.3) is 17.3 Å². The van der Waals surface area contributed by atoms with E-state index in [0.29, 0.717) is 12.1 Å². The summed E-state index contributed by atoms with van der Waals surface area (Å²) in [5.41, 5.74) is 6.11. The highest BCUT2D eigenvalue weighted by Gasteiger charge is 2.16. The van der Waals surface area contributed by atoms with Crippen molar-refractivity contribution in [3.05, 3.63) is 113 Å². The highest BCUT2D eigenvalue weighted by molar-refractivity contribution is 6.10. The van der Waals surface area contributed by atoms with Gasteiger partial charge < -0.3 is 5.32 Å². The molecule has 0 unspecified atom stereocenters. The molecule has 1 N–H and O–H groups in total. The first-order chi connectivity index (χ1) is 16.0. The first-order valence-corrected chi connectivity index (χ1v) is 10.7. The predicted octanol–water partition coefficient (Wildman–Crippen LogP) is 5.76. The number of aromatic nitrogens is 2. The standard InChI is InChI=1S/C28H24N4O/c1-20-10-9-11-21(2)26(20)30-28(33)24(17-29)16-25-19-32(18-22-12-5-3-6-13-22)31-27(25)23-14-7-4-8-15-23/h3-16,19H,18H2,1-2H3,(H,30,33)/b24-16+. The summed E-state index contributed by atoms with van der Waals surface area (Å²) in [5.74, 6) is -0.440. The number of nitrogens with zero attached hydrogens (tertiary/aromatic N) is 3. The molecule has 1 aromatic heterocycles. The number of carbonyl (C=O) groups excluding carboxylic acids is 1. The number of para-hydroxylation sites is 1. The number of carbonyl (C=O) groups is 1. The van der Waals surface area contributed by atoms with E-state index in [1.54, 1.807) is 6.08 Å². The van der Waals surface area contributed by atoms with E-state index in [2.05, 4.69) is 11.4 Å². The maximum Gasteiger partial charge on any atom is 0.266 e. The summed E-state index contributed by atoms with van der Waals surface area (Å²) >= 11 is 0. The van der Waals surface area contributed by atoms with Gasteiger partial charge in [0.15, 0.2) is 0 Å². The second-order valence-corrected chi connectivity index (χ2v) is 7.87. The van der Waals surface area contributed by atoms with Gasteiger partial charge in [-0.25, -0.2) is 0 Å². The molecule has 1 amide bonds. The highest BCUT2D eigenvalue weighted by atomic mass is 16.1. The minimum absolute atomic E-state index is 0.0223. The fourth-order valence-electron chi connectivity index (χ4n) is 3.71. The van der Waals surface area contributed by atoms with Crippen molar-refractivity contribution in [2.45, 2.75) is 20.4 Å². The van der Waals surface area contributed by atoms with E-state index in [1.165, 1.54) is 0 Å². The van der Waals surface area contributed by atoms with Crippen molar-refractivity contribution in [3.8, 4) is 17.3 Å². The minimum Gasteiger partial charge on any atom is -0.321 e. The van der Waals surface area contributed by atoms with Gasteiger partial charge in [0, 0.05) is 23.0 Å². The fraction of sp³-hybridized carbons (Fsp3) is 0.107. The van der Waals surface area contributed by atoms with Crippen LogP contribution in [0.15, 0.2) is 90.6 Å². The number of nitriles is 1. The van der Waals surface area contributed by atoms with Crippen LogP contribution in [0.1, 0.15) is 22.3 Å². The zero-order chi connectivity index (χ0) is 23.2. The highest BCUT2D eigenvalue weighted by Crippen LogP contribution is 2.25. The lowest BCUT2D eigenvalue weighted by molar-refractivity contribution is -0.112. The third kappa shape index (κ3) is 5.08. The molecule has 1 heterocycles. The molecular weight excluding hydrogens is 408 g/mol. The first-order valence-electron chi connectivity index (χ1n) is 10.7. The fourth-order valence-corrected chi connectivity index (χ4v) is 3.71. The maximum atomic E-state index is 13.0. The zero-order valence-electron chi connectivity index (χ0n) is 18.6. The molecule has 162 valence electrons. The van der Waals surface area contributed by atoms with Crippen LogP contribution >= 0.6 is 0 Å². The van der Waals surface area contributed by atoms with Gasteiger partial charge in [0.2, 0.25) is 0 Å². The molecule has 0 atom stereocenters. The van der Waals surface area contributed by atoms with Gasteiger partial charge >= 0.3 is 0 Å². The second kappa shape index (κ2) is 9.80. The minimum atomic E-state index is -0.440. The Morgan fingerprint density at radius 3 is 2.24 bits per heavy atom. The number of rotatable bonds is 6. The molecular formula is C28H24N4O. The molecule has 0 aliphatic heterocycles. The molecule has 0 bridgehead atoms. The Labute approximate surface area is 193 Å². The summed E-state index contributed by atoms with van der Waals surface area (Å²) < 4.78 is 1.84. The lowest BCUT2D eigenvalue weighted by Gasteiger charge is -2.10. The normalized spacial score (nSPS) is 11.1. The van der Waals surface area contributed by atoms with Gasteiger partial charge in [0.25, 0.3) is 5.91 Å². The van der Waals surface area contributed by atoms with Gasteiger partial charge in [0.1, 0.15) is 11.6 Å². The Bertz CT molecular complexity index is 1330. The van der Waals surface area contributed by atoms with Gasteiger partial charge in [-0.05, 0) is 36.6 Å². The topological polar surface area (TPSA) is 70.7 Å². The molecule has 5 heteroatoms. The molecule has 33 heavy (non-hydrogen) atoms. The lowest BCUT2D eigenvalue weighted by Crippen LogP contribution is -2.15. The van der Waals surface area contributed by atoms with E-state index in [9.17, 15) is 10.1 Å². The largest absolute Gasteiger partial charge is 0.321 e. The van der Waals surface area contributed by atoms with Crippen molar-refractivity contribution in [1.29, 1.82) is 5.26 Å². The van der Waals surface area contributed by atoms with E-state index < -0.39 is 5.91 Å². The SMILES string of the molecule is Cc1cccc(C)c1NC(=O)/C(C#N)=C/c1cn(Cc2ccccc2)nc1-c1ccccc1. The average molecular weight is 433 g/mol. The van der Waals surface area contributed by atoms with Crippen molar-refractivity contribution in [2.75, 3.05) is 5.32 Å². The Kier molecular flexibility index (Phi) is 6.47. The molecule has 3 aromatic carbocycles. The molecule has 0 radical (unpaired) electrons. The Morgan fingerprint density at radius 1 is 0.970 bits per heavy atom. The van der Waals surface area contributed by atoms with Crippen LogP contribution in [0, 0.1) is 25.2 Å². The second-order valence-electron chi connectivity index (χ2n) is 7.87. The van der Waals surface area contributed by atoms with Crippen LogP contribution < -0.4 is 5.32 Å². The Balaban J connectivity index is 1.71. The van der Waals surface area contributed by atoms with Crippen LogP contribution in [-0.4, -0.2) is 15.7 Å². The van der Waals surface area contributed by atoms with Crippen molar-refractivity contribution < 1.29 is 4.79 Å². The zero-order valence-corrected chi connectivity index (χ0v) is 18.6. The summed E-state index contributed by atoms with van der Waals surface area (Å²) in [4.78, 5) is 13.0. The quantitative estimate of drug-likeness (QED) is 0.311. The summed E-state index contributed by atoms with van der Waals surface area (Å²) in [6.45, 7) is 4.45. The smallest absolute Gasteiger partial charge is 0.266 e. The van der Waals surface area contributed by atoms with Crippen molar-refractivity contribution in [1.82, 2.24) is 9.78 Å². The van der Waals surface area contributed by atoms with E-state index in [4.69, 9.17) is 5.10 Å². The number of hydrogen-bond donors (Lipinski definition) is 1. The van der Waals surface area contributed by atoms with Crippen molar-refractivity contribution in [2.24, 2.45) is 0 Å². The predicted molar refractivity (Wildman–Crippen MR) is 131 cm³/mol. The van der Waals surface area contributed by atoms with Gasteiger partial charge in [-0.1, -0.05) is 78.9 Å². The number of anilines is 1. The molecule has 0 saturated heterocycles. The van der Waals surface area contributed by atoms with E-state index in [0.717, 1.165) is 33.6 Å². The number of benzene rings is 3. The average Bonchev–Trinajstić information content (AvgIpc) is 3.23. The van der Waals surface area contributed by atoms with Crippen molar-refractivity contribution in [3.63, 3.8) is 0 Å². The molecule has 0 saturated carbocycles. The number of amides is 1. The molecule has 4 rings (SSSR count). The number of nitrogens with one attached hydrogen (secondary N) is 1. The lowest BCUT2D eigenvalue weighted by atomic mass is 10.1. The third-order valence-corrected chi connectivity index (χ3v) is 5.41. The van der Waals surface area contributed by atoms with E-state index in [1.807, 2.05) is 104 Å². The number of hydrogen-bond acceptors (Lipinski definition) is 3. The first kappa shape index (κ1) is 21.8. The van der Waals surface area contributed by atoms with Gasteiger partial charge in [0.05, 0.1) is 12.2 Å². The van der Waals surface area contributed by atoms with Crippen LogP contribution in [0.3, 0.4) is 0 Å². The summed E-state index contributed by atoms with van der Waals surface area (Å²) in [6, 6.07) is 27.7. The Morgan fingerprint density at radius 2 is 1.61 bits per heavy atom. The molecule has 0 aliphatic rings. The van der Waals surface area contributed by atoms with Gasteiger partial charge in [-0.15, -0.1) is 0 Å². The maximum absolute atomic E-state index is 13.0. The van der Waals surface area contributed by atoms with Crippen molar-refractivity contribution >= 4 is 17.7 Å². The van der Waals surface area contributed by atoms with E-state index >= 15 is 0 Å². The van der Waals surface area contributed by atoms with E-state index in [-0.39, 0.29) is 5.57 Å². The van der Waals surface area contributed by atoms with Crippen LogP contribution in [0.2, 0.25) is 0 Å². The molecule has 4 aromatic rings. The summed E-state index contributed by atoms with van der Waals surface area (Å²) in [6.07, 6.45) is 3.48. The third-order valence-electron chi connectivity index (χ3n) is 5.41. The summed E-state index contributed by atoms with van der Waals surface area (Å²) in [5, 5.41) is 17.4. The monoisotopic (exact) mass is 432 g/mol. The summed E-state index contributed by atoms with van der Waals surface area (Å²) in [7, 11) is 0. The van der Waals surface area contributed by atoms with Gasteiger partial charge in [-0.2, -0.15) is 10.4 Å². The van der Waals surface area contributed by atoms with Gasteiger partial charge in [-0.3, -0.25) is 9.48 Å². The van der Waals surface area contributed by atoms with Crippen LogP contribution in [0.5, 0.6) is 0 Å². The van der Waals surface area contributed by atoms with Crippen LogP contribution in [-0.2, 0) is 11.3 Å². The molecule has 0 fully saturated rings. The molecule has 0 aliphatic carbocycles. The molecule has 0 spiro atoms. The van der Waals surface area contributed by atoms with Crippen LogP contribution in [0.4, 0.5) is 5.69 Å². The molecule has 5 nitrogen and oxygen atoms in total.